The van der Waals surface area contributed by atoms with Crippen molar-refractivity contribution in [1.82, 2.24) is 5.32 Å². The molecule has 0 saturated heterocycles. The summed E-state index contributed by atoms with van der Waals surface area (Å²) in [5.41, 5.74) is 1.37. The molecule has 0 bridgehead atoms. The summed E-state index contributed by atoms with van der Waals surface area (Å²) >= 11 is 1.84. The topological polar surface area (TPSA) is 21.3 Å². The van der Waals surface area contributed by atoms with E-state index in [9.17, 15) is 0 Å². The zero-order valence-corrected chi connectivity index (χ0v) is 13.1. The molecular weight excluding hydrogens is 242 g/mol. The van der Waals surface area contributed by atoms with Crippen LogP contribution in [0.4, 0.5) is 0 Å². The van der Waals surface area contributed by atoms with Gasteiger partial charge in [0.1, 0.15) is 0 Å². The van der Waals surface area contributed by atoms with Gasteiger partial charge in [-0.05, 0) is 49.7 Å². The van der Waals surface area contributed by atoms with Crippen LogP contribution in [0.25, 0.3) is 0 Å². The smallest absolute Gasteiger partial charge is 0.0800 e. The zero-order valence-electron chi connectivity index (χ0n) is 12.3. The van der Waals surface area contributed by atoms with E-state index in [2.05, 4.69) is 51.4 Å². The second-order valence-corrected chi connectivity index (χ2v) is 6.01. The number of rotatable bonds is 8. The van der Waals surface area contributed by atoms with Crippen molar-refractivity contribution >= 4 is 11.3 Å². The van der Waals surface area contributed by atoms with E-state index in [0.29, 0.717) is 12.0 Å². The highest BCUT2D eigenvalue weighted by Gasteiger charge is 2.27. The average Bonchev–Trinajstić information content (AvgIpc) is 2.74. The summed E-state index contributed by atoms with van der Waals surface area (Å²) in [6, 6.07) is 2.52. The summed E-state index contributed by atoms with van der Waals surface area (Å²) in [5.74, 6) is 0.515. The first-order chi connectivity index (χ1) is 8.61. The van der Waals surface area contributed by atoms with Crippen LogP contribution in [-0.4, -0.2) is 19.3 Å². The first-order valence-electron chi connectivity index (χ1n) is 7.00. The van der Waals surface area contributed by atoms with Crippen LogP contribution in [0, 0.1) is 12.8 Å². The van der Waals surface area contributed by atoms with E-state index >= 15 is 0 Å². The zero-order chi connectivity index (χ0) is 13.5. The standard InChI is InChI=1S/C15H27NOS/c1-6-9-16-13(14(11(3)4)17-7-2)15-12(5)8-10-18-15/h8,10-11,13-14,16H,6-7,9H2,1-5H3. The van der Waals surface area contributed by atoms with Crippen LogP contribution in [0.1, 0.15) is 50.6 Å². The molecule has 3 heteroatoms. The quantitative estimate of drug-likeness (QED) is 0.765. The number of thiophene rings is 1. The van der Waals surface area contributed by atoms with E-state index < -0.39 is 0 Å². The molecule has 1 heterocycles. The van der Waals surface area contributed by atoms with Crippen LogP contribution in [0.5, 0.6) is 0 Å². The Bertz CT molecular complexity index is 335. The fraction of sp³-hybridized carbons (Fsp3) is 0.733. The molecule has 1 aromatic heterocycles. The lowest BCUT2D eigenvalue weighted by atomic mass is 9.96. The molecule has 1 rings (SSSR count). The minimum atomic E-state index is 0.249. The van der Waals surface area contributed by atoms with Gasteiger partial charge in [-0.3, -0.25) is 0 Å². The molecule has 0 aliphatic rings. The monoisotopic (exact) mass is 269 g/mol. The van der Waals surface area contributed by atoms with Gasteiger partial charge in [-0.25, -0.2) is 0 Å². The minimum Gasteiger partial charge on any atom is -0.376 e. The van der Waals surface area contributed by atoms with Crippen molar-refractivity contribution in [3.63, 3.8) is 0 Å². The third-order valence-electron chi connectivity index (χ3n) is 3.14. The van der Waals surface area contributed by atoms with Gasteiger partial charge in [0.25, 0.3) is 0 Å². The Morgan fingerprint density at radius 1 is 1.33 bits per heavy atom. The maximum Gasteiger partial charge on any atom is 0.0800 e. The molecule has 0 aliphatic carbocycles. The molecule has 0 spiro atoms. The Labute approximate surface area is 116 Å². The lowest BCUT2D eigenvalue weighted by Crippen LogP contribution is -2.37. The Balaban J connectivity index is 2.91. The summed E-state index contributed by atoms with van der Waals surface area (Å²) in [7, 11) is 0. The highest BCUT2D eigenvalue weighted by molar-refractivity contribution is 7.10. The molecule has 1 aromatic rings. The Hall–Kier alpha value is -0.380. The summed E-state index contributed by atoms with van der Waals surface area (Å²) < 4.78 is 5.99. The summed E-state index contributed by atoms with van der Waals surface area (Å²) in [5, 5.41) is 5.84. The van der Waals surface area contributed by atoms with Gasteiger partial charge in [0, 0.05) is 11.5 Å². The van der Waals surface area contributed by atoms with E-state index in [1.165, 1.54) is 10.4 Å². The second kappa shape index (κ2) is 7.93. The Morgan fingerprint density at radius 2 is 2.06 bits per heavy atom. The molecule has 0 aromatic carbocycles. The molecular formula is C15H27NOS. The average molecular weight is 269 g/mol. The van der Waals surface area contributed by atoms with Crippen LogP contribution in [0.15, 0.2) is 11.4 Å². The van der Waals surface area contributed by atoms with Crippen LogP contribution in [0.3, 0.4) is 0 Å². The maximum atomic E-state index is 5.99. The molecule has 104 valence electrons. The molecule has 2 unspecified atom stereocenters. The lowest BCUT2D eigenvalue weighted by molar-refractivity contribution is 0.00355. The van der Waals surface area contributed by atoms with Crippen molar-refractivity contribution in [1.29, 1.82) is 0 Å². The maximum absolute atomic E-state index is 5.99. The van der Waals surface area contributed by atoms with Crippen molar-refractivity contribution in [2.75, 3.05) is 13.2 Å². The van der Waals surface area contributed by atoms with Gasteiger partial charge in [0.2, 0.25) is 0 Å². The van der Waals surface area contributed by atoms with Gasteiger partial charge in [-0.1, -0.05) is 20.8 Å². The van der Waals surface area contributed by atoms with Crippen molar-refractivity contribution in [3.05, 3.63) is 21.9 Å². The number of hydrogen-bond donors (Lipinski definition) is 1. The van der Waals surface area contributed by atoms with Crippen molar-refractivity contribution in [2.24, 2.45) is 5.92 Å². The Morgan fingerprint density at radius 3 is 2.50 bits per heavy atom. The molecule has 0 amide bonds. The molecule has 18 heavy (non-hydrogen) atoms. The predicted molar refractivity (Wildman–Crippen MR) is 80.3 cm³/mol. The molecule has 0 fully saturated rings. The first-order valence-corrected chi connectivity index (χ1v) is 7.88. The van der Waals surface area contributed by atoms with Gasteiger partial charge in [0.15, 0.2) is 0 Å². The van der Waals surface area contributed by atoms with Gasteiger partial charge in [0.05, 0.1) is 12.1 Å². The first kappa shape index (κ1) is 15.7. The van der Waals surface area contributed by atoms with E-state index in [0.717, 1.165) is 19.6 Å². The normalized spacial score (nSPS) is 15.0. The van der Waals surface area contributed by atoms with Gasteiger partial charge in [-0.15, -0.1) is 11.3 Å². The molecule has 1 N–H and O–H groups in total. The lowest BCUT2D eigenvalue weighted by Gasteiger charge is -2.31. The van der Waals surface area contributed by atoms with E-state index in [-0.39, 0.29) is 6.10 Å². The number of nitrogens with one attached hydrogen (secondary N) is 1. The van der Waals surface area contributed by atoms with Gasteiger partial charge in [-0.2, -0.15) is 0 Å². The fourth-order valence-corrected chi connectivity index (χ4v) is 3.26. The largest absolute Gasteiger partial charge is 0.376 e. The van der Waals surface area contributed by atoms with Gasteiger partial charge < -0.3 is 10.1 Å². The van der Waals surface area contributed by atoms with Crippen molar-refractivity contribution in [2.45, 2.75) is 53.2 Å². The molecule has 2 nitrogen and oxygen atoms in total. The number of hydrogen-bond acceptors (Lipinski definition) is 3. The molecule has 0 aliphatic heterocycles. The molecule has 0 radical (unpaired) electrons. The third-order valence-corrected chi connectivity index (χ3v) is 4.25. The summed E-state index contributed by atoms with van der Waals surface area (Å²) in [4.78, 5) is 1.43. The van der Waals surface area contributed by atoms with Crippen LogP contribution in [-0.2, 0) is 4.74 Å². The van der Waals surface area contributed by atoms with Crippen LogP contribution < -0.4 is 5.32 Å². The highest BCUT2D eigenvalue weighted by Crippen LogP contribution is 2.31. The highest BCUT2D eigenvalue weighted by atomic mass is 32.1. The van der Waals surface area contributed by atoms with Crippen LogP contribution in [0.2, 0.25) is 0 Å². The second-order valence-electron chi connectivity index (χ2n) is 5.06. The Kier molecular flexibility index (Phi) is 6.90. The molecule has 2 atom stereocenters. The number of aryl methyl sites for hydroxylation is 1. The van der Waals surface area contributed by atoms with E-state index in [1.807, 2.05) is 11.3 Å². The summed E-state index contributed by atoms with van der Waals surface area (Å²) in [6.45, 7) is 12.8. The van der Waals surface area contributed by atoms with E-state index in [1.54, 1.807) is 0 Å². The van der Waals surface area contributed by atoms with Gasteiger partial charge >= 0.3 is 0 Å². The van der Waals surface area contributed by atoms with Crippen molar-refractivity contribution < 1.29 is 4.74 Å². The predicted octanol–water partition coefficient (Wildman–Crippen LogP) is 4.16. The van der Waals surface area contributed by atoms with Crippen LogP contribution >= 0.6 is 11.3 Å². The van der Waals surface area contributed by atoms with E-state index in [4.69, 9.17) is 4.74 Å². The SMILES string of the molecule is CCCNC(c1sccc1C)C(OCC)C(C)C. The fourth-order valence-electron chi connectivity index (χ4n) is 2.23. The summed E-state index contributed by atoms with van der Waals surface area (Å²) in [6.07, 6.45) is 1.40. The third kappa shape index (κ3) is 4.08. The molecule has 0 saturated carbocycles. The van der Waals surface area contributed by atoms with Crippen molar-refractivity contribution in [3.8, 4) is 0 Å². The minimum absolute atomic E-state index is 0.249. The number of ether oxygens (including phenoxy) is 1.